The first-order valence-electron chi connectivity index (χ1n) is 4.55. The van der Waals surface area contributed by atoms with Crippen LogP contribution in [0.5, 0.6) is 0 Å². The molecular weight excluding hydrogens is 150 g/mol. The molecule has 1 nitrogen and oxygen atoms in total. The van der Waals surface area contributed by atoms with Crippen LogP contribution in [0.15, 0.2) is 10.8 Å². The van der Waals surface area contributed by atoms with Gasteiger partial charge in [-0.1, -0.05) is 10.8 Å². The Labute approximate surface area is 72.3 Å². The minimum absolute atomic E-state index is 0.123. The fourth-order valence-corrected chi connectivity index (χ4v) is 2.75. The molecule has 0 N–H and O–H groups in total. The first-order valence-corrected chi connectivity index (χ1v) is 6.26. The Kier molecular flexibility index (Phi) is 3.33. The van der Waals surface area contributed by atoms with E-state index in [9.17, 15) is 0 Å². The van der Waals surface area contributed by atoms with Crippen molar-refractivity contribution in [2.45, 2.75) is 26.8 Å². The highest BCUT2D eigenvalue weighted by Gasteiger charge is 2.15. The Hall–Kier alpha value is -0.0831. The third-order valence-corrected chi connectivity index (χ3v) is 4.55. The van der Waals surface area contributed by atoms with Crippen molar-refractivity contribution in [3.05, 3.63) is 10.8 Å². The highest BCUT2D eigenvalue weighted by molar-refractivity contribution is 6.45. The predicted molar refractivity (Wildman–Crippen MR) is 53.8 cm³/mol. The molecule has 1 aliphatic rings. The lowest BCUT2D eigenvalue weighted by atomic mass is 10.3. The van der Waals surface area contributed by atoms with Crippen LogP contribution in [0.4, 0.5) is 0 Å². The summed E-state index contributed by atoms with van der Waals surface area (Å²) in [4.78, 5) is 2.52. The average molecular weight is 169 g/mol. The molecule has 1 heterocycles. The number of hydrogen-bond donors (Lipinski definition) is 0. The summed E-state index contributed by atoms with van der Waals surface area (Å²) < 4.78 is 0. The summed E-state index contributed by atoms with van der Waals surface area (Å²) in [6, 6.07) is 1.48. The van der Waals surface area contributed by atoms with Gasteiger partial charge in [-0.15, -0.1) is 0 Å². The molecule has 0 spiro atoms. The molecule has 0 bridgehead atoms. The van der Waals surface area contributed by atoms with Crippen LogP contribution in [0.2, 0.25) is 6.04 Å². The van der Waals surface area contributed by atoms with Crippen LogP contribution in [0.1, 0.15) is 20.8 Å². The van der Waals surface area contributed by atoms with E-state index in [-0.39, 0.29) is 9.52 Å². The molecule has 1 fully saturated rings. The average Bonchev–Trinajstić information content (AvgIpc) is 2.71. The van der Waals surface area contributed by atoms with Crippen LogP contribution in [0.3, 0.4) is 0 Å². The van der Waals surface area contributed by atoms with Crippen LogP contribution < -0.4 is 0 Å². The molecule has 0 radical (unpaired) electrons. The van der Waals surface area contributed by atoms with Crippen LogP contribution in [-0.2, 0) is 0 Å². The first kappa shape index (κ1) is 9.01. The van der Waals surface area contributed by atoms with E-state index in [1.54, 1.807) is 10.8 Å². The lowest BCUT2D eigenvalue weighted by Crippen LogP contribution is -2.04. The third kappa shape index (κ3) is 3.73. The monoisotopic (exact) mass is 169 g/mol. The van der Waals surface area contributed by atoms with Crippen LogP contribution in [0.25, 0.3) is 0 Å². The van der Waals surface area contributed by atoms with Crippen molar-refractivity contribution in [2.24, 2.45) is 0 Å². The van der Waals surface area contributed by atoms with Crippen molar-refractivity contribution in [2.75, 3.05) is 19.6 Å². The van der Waals surface area contributed by atoms with Gasteiger partial charge in [0.15, 0.2) is 0 Å². The van der Waals surface area contributed by atoms with E-state index in [0.29, 0.717) is 0 Å². The summed E-state index contributed by atoms with van der Waals surface area (Å²) >= 11 is 0. The molecule has 0 aliphatic carbocycles. The van der Waals surface area contributed by atoms with Crippen molar-refractivity contribution in [1.29, 1.82) is 0 Å². The van der Waals surface area contributed by atoms with Gasteiger partial charge in [0.1, 0.15) is 0 Å². The van der Waals surface area contributed by atoms with Crippen molar-refractivity contribution >= 4 is 9.52 Å². The number of hydrogen-bond acceptors (Lipinski definition) is 1. The second-order valence-electron chi connectivity index (χ2n) is 3.73. The van der Waals surface area contributed by atoms with Crippen molar-refractivity contribution in [1.82, 2.24) is 4.90 Å². The second kappa shape index (κ2) is 4.07. The van der Waals surface area contributed by atoms with Gasteiger partial charge in [0.25, 0.3) is 0 Å². The summed E-state index contributed by atoms with van der Waals surface area (Å²) in [5.41, 5.74) is 1.56. The molecular formula is C9H19NSi. The van der Waals surface area contributed by atoms with E-state index in [0.717, 1.165) is 0 Å². The molecule has 11 heavy (non-hydrogen) atoms. The Morgan fingerprint density at radius 1 is 1.27 bits per heavy atom. The summed E-state index contributed by atoms with van der Waals surface area (Å²) in [5, 5.41) is 1.71. The molecule has 0 unspecified atom stereocenters. The van der Waals surface area contributed by atoms with Gasteiger partial charge < -0.3 is 4.90 Å². The molecule has 1 rings (SSSR count). The molecule has 0 aromatic carbocycles. The summed E-state index contributed by atoms with van der Waals surface area (Å²) in [6.45, 7) is 10.9. The fraction of sp³-hybridized carbons (Fsp3) is 0.778. The van der Waals surface area contributed by atoms with Gasteiger partial charge in [-0.05, 0) is 33.4 Å². The second-order valence-corrected chi connectivity index (χ2v) is 5.99. The van der Waals surface area contributed by atoms with E-state index in [4.69, 9.17) is 0 Å². The Morgan fingerprint density at radius 3 is 2.36 bits per heavy atom. The lowest BCUT2D eigenvalue weighted by Gasteiger charge is -2.02. The SMILES string of the molecule is CC(C)=C(C)[SiH2]CCN1CC1. The quantitative estimate of drug-likeness (QED) is 0.451. The summed E-state index contributed by atoms with van der Waals surface area (Å²) in [7, 11) is 0.123. The van der Waals surface area contributed by atoms with Gasteiger partial charge in [0, 0.05) is 13.1 Å². The molecule has 2 heteroatoms. The Bertz CT molecular complexity index is 155. The molecule has 0 atom stereocenters. The zero-order chi connectivity index (χ0) is 8.27. The lowest BCUT2D eigenvalue weighted by molar-refractivity contribution is 0.593. The van der Waals surface area contributed by atoms with Gasteiger partial charge >= 0.3 is 0 Å². The summed E-state index contributed by atoms with van der Waals surface area (Å²) in [5.74, 6) is 0. The maximum Gasteiger partial charge on any atom is 0.0503 e. The first-order chi connectivity index (χ1) is 5.20. The molecule has 1 aliphatic heterocycles. The van der Waals surface area contributed by atoms with Gasteiger partial charge in [0.2, 0.25) is 0 Å². The van der Waals surface area contributed by atoms with Crippen molar-refractivity contribution in [3.63, 3.8) is 0 Å². The molecule has 0 saturated carbocycles. The van der Waals surface area contributed by atoms with Gasteiger partial charge in [-0.2, -0.15) is 0 Å². The molecule has 0 amide bonds. The van der Waals surface area contributed by atoms with E-state index in [1.165, 1.54) is 25.7 Å². The minimum Gasteiger partial charge on any atom is -0.301 e. The van der Waals surface area contributed by atoms with Crippen LogP contribution >= 0.6 is 0 Å². The highest BCUT2D eigenvalue weighted by atomic mass is 28.2. The number of rotatable bonds is 4. The minimum atomic E-state index is 0.123. The van der Waals surface area contributed by atoms with Crippen LogP contribution in [-0.4, -0.2) is 34.1 Å². The molecule has 1 saturated heterocycles. The summed E-state index contributed by atoms with van der Waals surface area (Å²) in [6.07, 6.45) is 0. The largest absolute Gasteiger partial charge is 0.301 e. The normalized spacial score (nSPS) is 17.7. The van der Waals surface area contributed by atoms with Gasteiger partial charge in [-0.25, -0.2) is 0 Å². The molecule has 64 valence electrons. The predicted octanol–water partition coefficient (Wildman–Crippen LogP) is 1.20. The maximum absolute atomic E-state index is 2.52. The zero-order valence-corrected chi connectivity index (χ0v) is 9.40. The fourth-order valence-electron chi connectivity index (χ4n) is 1.11. The molecule has 0 aromatic rings. The van der Waals surface area contributed by atoms with Crippen molar-refractivity contribution < 1.29 is 0 Å². The van der Waals surface area contributed by atoms with E-state index >= 15 is 0 Å². The van der Waals surface area contributed by atoms with E-state index in [1.807, 2.05) is 0 Å². The number of allylic oxidation sites excluding steroid dienone is 2. The van der Waals surface area contributed by atoms with E-state index in [2.05, 4.69) is 25.7 Å². The zero-order valence-electron chi connectivity index (χ0n) is 7.98. The standard InChI is InChI=1S/C9H19NSi/c1-8(2)9(3)11-7-6-10-4-5-10/h4-7,11H2,1-3H3. The van der Waals surface area contributed by atoms with Gasteiger partial charge in [0.05, 0.1) is 9.52 Å². The topological polar surface area (TPSA) is 3.01 Å². The third-order valence-electron chi connectivity index (χ3n) is 2.42. The van der Waals surface area contributed by atoms with Crippen molar-refractivity contribution in [3.8, 4) is 0 Å². The Morgan fingerprint density at radius 2 is 1.91 bits per heavy atom. The molecule has 0 aromatic heterocycles. The maximum atomic E-state index is 2.52. The van der Waals surface area contributed by atoms with Crippen LogP contribution in [0, 0.1) is 0 Å². The smallest absolute Gasteiger partial charge is 0.0503 e. The van der Waals surface area contributed by atoms with E-state index < -0.39 is 0 Å². The Balaban J connectivity index is 2.05. The van der Waals surface area contributed by atoms with Gasteiger partial charge in [-0.3, -0.25) is 0 Å². The highest BCUT2D eigenvalue weighted by Crippen LogP contribution is 2.07. The number of nitrogens with zero attached hydrogens (tertiary/aromatic N) is 1.